The van der Waals surface area contributed by atoms with Gasteiger partial charge in [-0.25, -0.2) is 0 Å². The molecule has 0 heterocycles. The number of hydrogen-bond acceptors (Lipinski definition) is 1. The van der Waals surface area contributed by atoms with Crippen LogP contribution in [-0.4, -0.2) is 6.54 Å². The molecule has 2 aliphatic rings. The van der Waals surface area contributed by atoms with Crippen molar-refractivity contribution in [3.8, 4) is 0 Å². The SMILES string of the molecule is NCC1CCc2ccc(Br)cc2C12CCC2. The summed E-state index contributed by atoms with van der Waals surface area (Å²) in [6.45, 7) is 0.853. The van der Waals surface area contributed by atoms with E-state index in [0.717, 1.165) is 6.54 Å². The lowest BCUT2D eigenvalue weighted by Crippen LogP contribution is -2.48. The van der Waals surface area contributed by atoms with Crippen LogP contribution in [0.25, 0.3) is 0 Å². The minimum atomic E-state index is 0.437. The molecule has 0 radical (unpaired) electrons. The van der Waals surface area contributed by atoms with E-state index in [4.69, 9.17) is 5.73 Å². The molecule has 2 N–H and O–H groups in total. The summed E-state index contributed by atoms with van der Waals surface area (Å²) in [7, 11) is 0. The summed E-state index contributed by atoms with van der Waals surface area (Å²) in [6.07, 6.45) is 6.57. The number of benzene rings is 1. The average molecular weight is 280 g/mol. The lowest BCUT2D eigenvalue weighted by atomic mass is 9.53. The number of nitrogens with two attached hydrogens (primary N) is 1. The van der Waals surface area contributed by atoms with Crippen molar-refractivity contribution in [1.29, 1.82) is 0 Å². The Labute approximate surface area is 106 Å². The highest BCUT2D eigenvalue weighted by Crippen LogP contribution is 2.54. The molecule has 0 saturated heterocycles. The van der Waals surface area contributed by atoms with Crippen molar-refractivity contribution < 1.29 is 0 Å². The van der Waals surface area contributed by atoms with E-state index in [1.807, 2.05) is 0 Å². The van der Waals surface area contributed by atoms with E-state index in [0.29, 0.717) is 11.3 Å². The van der Waals surface area contributed by atoms with E-state index in [9.17, 15) is 0 Å². The predicted molar refractivity (Wildman–Crippen MR) is 70.5 cm³/mol. The first-order valence-corrected chi connectivity index (χ1v) is 7.04. The number of fused-ring (bicyclic) bond motifs is 2. The van der Waals surface area contributed by atoms with Crippen molar-refractivity contribution in [1.82, 2.24) is 0 Å². The zero-order valence-electron chi connectivity index (χ0n) is 9.51. The molecule has 1 fully saturated rings. The second-order valence-corrected chi connectivity index (χ2v) is 6.20. The third-order valence-corrected chi connectivity index (χ3v) is 5.18. The van der Waals surface area contributed by atoms with E-state index in [2.05, 4.69) is 34.1 Å². The summed E-state index contributed by atoms with van der Waals surface area (Å²) in [5.41, 5.74) is 9.56. The first-order chi connectivity index (χ1) is 7.76. The molecule has 1 aromatic carbocycles. The van der Waals surface area contributed by atoms with Crippen LogP contribution >= 0.6 is 15.9 Å². The van der Waals surface area contributed by atoms with Gasteiger partial charge in [0.15, 0.2) is 0 Å². The Morgan fingerprint density at radius 3 is 2.81 bits per heavy atom. The highest BCUT2D eigenvalue weighted by atomic mass is 79.9. The van der Waals surface area contributed by atoms with Crippen LogP contribution in [0.15, 0.2) is 22.7 Å². The summed E-state index contributed by atoms with van der Waals surface area (Å²) >= 11 is 3.61. The van der Waals surface area contributed by atoms with Gasteiger partial charge < -0.3 is 5.73 Å². The normalized spacial score (nSPS) is 26.2. The molecule has 2 aliphatic carbocycles. The zero-order chi connectivity index (χ0) is 11.2. The van der Waals surface area contributed by atoms with Gasteiger partial charge >= 0.3 is 0 Å². The number of aryl methyl sites for hydroxylation is 1. The third kappa shape index (κ3) is 1.39. The van der Waals surface area contributed by atoms with Crippen molar-refractivity contribution in [3.05, 3.63) is 33.8 Å². The molecule has 0 bridgehead atoms. The van der Waals surface area contributed by atoms with E-state index < -0.39 is 0 Å². The molecule has 86 valence electrons. The van der Waals surface area contributed by atoms with Gasteiger partial charge in [-0.3, -0.25) is 0 Å². The van der Waals surface area contributed by atoms with Crippen LogP contribution in [0, 0.1) is 5.92 Å². The highest BCUT2D eigenvalue weighted by Gasteiger charge is 2.47. The summed E-state index contributed by atoms with van der Waals surface area (Å²) in [5.74, 6) is 0.711. The van der Waals surface area contributed by atoms with Gasteiger partial charge in [-0.05, 0) is 66.8 Å². The van der Waals surface area contributed by atoms with E-state index in [-0.39, 0.29) is 0 Å². The largest absolute Gasteiger partial charge is 0.330 e. The van der Waals surface area contributed by atoms with Gasteiger partial charge in [0.05, 0.1) is 0 Å². The summed E-state index contributed by atoms with van der Waals surface area (Å²) in [4.78, 5) is 0. The Morgan fingerprint density at radius 1 is 1.38 bits per heavy atom. The molecular formula is C14H18BrN. The topological polar surface area (TPSA) is 26.0 Å². The molecular weight excluding hydrogens is 262 g/mol. The van der Waals surface area contributed by atoms with Crippen molar-refractivity contribution in [3.63, 3.8) is 0 Å². The predicted octanol–water partition coefficient (Wildman–Crippen LogP) is 3.39. The summed E-state index contributed by atoms with van der Waals surface area (Å²) in [6, 6.07) is 6.82. The Kier molecular flexibility index (Phi) is 2.60. The van der Waals surface area contributed by atoms with Crippen LogP contribution in [0.5, 0.6) is 0 Å². The third-order valence-electron chi connectivity index (χ3n) is 4.68. The van der Waals surface area contributed by atoms with E-state index in [1.165, 1.54) is 36.6 Å². The molecule has 16 heavy (non-hydrogen) atoms. The van der Waals surface area contributed by atoms with Gasteiger partial charge in [0.25, 0.3) is 0 Å². The van der Waals surface area contributed by atoms with Gasteiger partial charge in [0.1, 0.15) is 0 Å². The molecule has 0 amide bonds. The van der Waals surface area contributed by atoms with Gasteiger partial charge in [-0.15, -0.1) is 0 Å². The van der Waals surface area contributed by atoms with Crippen LogP contribution in [0.2, 0.25) is 0 Å². The molecule has 1 nitrogen and oxygen atoms in total. The quantitative estimate of drug-likeness (QED) is 0.838. The molecule has 1 aromatic rings. The Bertz CT molecular complexity index is 409. The number of rotatable bonds is 1. The fourth-order valence-electron chi connectivity index (χ4n) is 3.63. The minimum absolute atomic E-state index is 0.437. The van der Waals surface area contributed by atoms with E-state index in [1.54, 1.807) is 11.1 Å². The summed E-state index contributed by atoms with van der Waals surface area (Å²) < 4.78 is 1.22. The second-order valence-electron chi connectivity index (χ2n) is 5.28. The van der Waals surface area contributed by atoms with Gasteiger partial charge in [0.2, 0.25) is 0 Å². The average Bonchev–Trinajstić information content (AvgIpc) is 2.24. The van der Waals surface area contributed by atoms with Crippen molar-refractivity contribution >= 4 is 15.9 Å². The Hall–Kier alpha value is -0.340. The first kappa shape index (κ1) is 10.8. The lowest BCUT2D eigenvalue weighted by Gasteiger charge is -2.52. The van der Waals surface area contributed by atoms with Crippen LogP contribution in [0.1, 0.15) is 36.8 Å². The molecule has 0 aliphatic heterocycles. The molecule has 0 aromatic heterocycles. The fourth-order valence-corrected chi connectivity index (χ4v) is 4.00. The summed E-state index contributed by atoms with van der Waals surface area (Å²) in [5, 5.41) is 0. The number of hydrogen-bond donors (Lipinski definition) is 1. The monoisotopic (exact) mass is 279 g/mol. The van der Waals surface area contributed by atoms with Gasteiger partial charge in [0, 0.05) is 4.47 Å². The molecule has 1 saturated carbocycles. The highest BCUT2D eigenvalue weighted by molar-refractivity contribution is 9.10. The second kappa shape index (κ2) is 3.85. The molecule has 3 rings (SSSR count). The smallest absolute Gasteiger partial charge is 0.0178 e. The van der Waals surface area contributed by atoms with Crippen LogP contribution in [0.3, 0.4) is 0 Å². The maximum Gasteiger partial charge on any atom is 0.0178 e. The minimum Gasteiger partial charge on any atom is -0.330 e. The maximum absolute atomic E-state index is 5.97. The Balaban J connectivity index is 2.10. The molecule has 1 unspecified atom stereocenters. The fraction of sp³-hybridized carbons (Fsp3) is 0.571. The standard InChI is InChI=1S/C14H18BrN/c15-12-5-3-10-2-4-11(9-16)14(6-1-7-14)13(10)8-12/h3,5,8,11H,1-2,4,6-7,9,16H2. The van der Waals surface area contributed by atoms with Gasteiger partial charge in [-0.2, -0.15) is 0 Å². The first-order valence-electron chi connectivity index (χ1n) is 6.25. The van der Waals surface area contributed by atoms with Crippen LogP contribution in [-0.2, 0) is 11.8 Å². The van der Waals surface area contributed by atoms with Crippen LogP contribution in [0.4, 0.5) is 0 Å². The molecule has 1 spiro atoms. The molecule has 2 heteroatoms. The maximum atomic E-state index is 5.97. The lowest BCUT2D eigenvalue weighted by molar-refractivity contribution is 0.129. The number of halogens is 1. The van der Waals surface area contributed by atoms with Gasteiger partial charge in [-0.1, -0.05) is 28.4 Å². The van der Waals surface area contributed by atoms with Crippen LogP contribution < -0.4 is 5.73 Å². The van der Waals surface area contributed by atoms with E-state index >= 15 is 0 Å². The van der Waals surface area contributed by atoms with Crippen molar-refractivity contribution in [2.24, 2.45) is 11.7 Å². The Morgan fingerprint density at radius 2 is 2.19 bits per heavy atom. The zero-order valence-corrected chi connectivity index (χ0v) is 11.1. The molecule has 1 atom stereocenters. The van der Waals surface area contributed by atoms with Crippen molar-refractivity contribution in [2.75, 3.05) is 6.54 Å². The van der Waals surface area contributed by atoms with Crippen molar-refractivity contribution in [2.45, 2.75) is 37.5 Å².